The van der Waals surface area contributed by atoms with Gasteiger partial charge < -0.3 is 5.73 Å². The van der Waals surface area contributed by atoms with Crippen LogP contribution in [0.1, 0.15) is 17.1 Å². The molecule has 0 bridgehead atoms. The average molecular weight is 410 g/mol. The summed E-state index contributed by atoms with van der Waals surface area (Å²) < 4.78 is 4.10. The number of nitrogen functional groups attached to an aromatic ring is 1. The molecule has 21 heavy (non-hydrogen) atoms. The van der Waals surface area contributed by atoms with Gasteiger partial charge in [0, 0.05) is 14.6 Å². The lowest BCUT2D eigenvalue weighted by atomic mass is 10.2. The monoisotopic (exact) mass is 408 g/mol. The van der Waals surface area contributed by atoms with Crippen LogP contribution in [0.15, 0.2) is 27.1 Å². The fraction of sp³-hybridized carbons (Fsp3) is 0.200. The number of hydrogen-bond donors (Lipinski definition) is 1. The lowest BCUT2D eigenvalue weighted by molar-refractivity contribution is 0.986. The summed E-state index contributed by atoms with van der Waals surface area (Å²) in [5.74, 6) is 1.20. The minimum absolute atomic E-state index is 0.528. The van der Waals surface area contributed by atoms with Crippen molar-refractivity contribution in [3.05, 3.63) is 44.2 Å². The number of fused-ring (bicyclic) bond motifs is 1. The highest BCUT2D eigenvalue weighted by Gasteiger charge is 2.20. The van der Waals surface area contributed by atoms with Gasteiger partial charge in [-0.2, -0.15) is 0 Å². The molecule has 0 aliphatic heterocycles. The van der Waals surface area contributed by atoms with E-state index in [-0.39, 0.29) is 0 Å². The van der Waals surface area contributed by atoms with Crippen LogP contribution >= 0.6 is 31.9 Å². The van der Waals surface area contributed by atoms with E-state index in [0.29, 0.717) is 11.6 Å². The second kappa shape index (κ2) is 5.10. The van der Waals surface area contributed by atoms with E-state index in [1.165, 1.54) is 0 Å². The fourth-order valence-corrected chi connectivity index (χ4v) is 3.94. The Hall–Kier alpha value is -1.40. The highest BCUT2D eigenvalue weighted by Crippen LogP contribution is 2.36. The zero-order valence-corrected chi connectivity index (χ0v) is 15.1. The van der Waals surface area contributed by atoms with Crippen molar-refractivity contribution in [2.75, 3.05) is 5.73 Å². The van der Waals surface area contributed by atoms with E-state index in [9.17, 15) is 0 Å². The van der Waals surface area contributed by atoms with Gasteiger partial charge in [-0.25, -0.2) is 9.97 Å². The molecule has 0 aliphatic rings. The number of hydrogen-bond acceptors (Lipinski definition) is 3. The molecule has 0 amide bonds. The van der Waals surface area contributed by atoms with Crippen LogP contribution in [0.2, 0.25) is 0 Å². The van der Waals surface area contributed by atoms with Gasteiger partial charge in [0.2, 0.25) is 0 Å². The molecule has 1 aromatic carbocycles. The molecule has 3 rings (SSSR count). The smallest absolute Gasteiger partial charge is 0.150 e. The van der Waals surface area contributed by atoms with Crippen LogP contribution in [-0.4, -0.2) is 14.5 Å². The van der Waals surface area contributed by atoms with Crippen LogP contribution in [0, 0.1) is 20.8 Å². The van der Waals surface area contributed by atoms with E-state index < -0.39 is 0 Å². The Morgan fingerprint density at radius 2 is 1.67 bits per heavy atom. The van der Waals surface area contributed by atoms with E-state index in [1.807, 2.05) is 32.0 Å². The van der Waals surface area contributed by atoms with E-state index in [0.717, 1.165) is 36.9 Å². The number of nitrogens with two attached hydrogens (primary N) is 1. The van der Waals surface area contributed by atoms with Crippen molar-refractivity contribution in [1.29, 1.82) is 0 Å². The summed E-state index contributed by atoms with van der Waals surface area (Å²) in [5.41, 5.74) is 10.2. The third-order valence-electron chi connectivity index (χ3n) is 3.66. The minimum atomic E-state index is 0.528. The maximum absolute atomic E-state index is 6.11. The molecule has 2 N–H and O–H groups in total. The Bertz CT molecular complexity index is 848. The van der Waals surface area contributed by atoms with Gasteiger partial charge in [0.05, 0.1) is 11.1 Å². The first-order valence-electron chi connectivity index (χ1n) is 6.48. The number of para-hydroxylation sites is 1. The highest BCUT2D eigenvalue weighted by atomic mass is 79.9. The molecule has 4 nitrogen and oxygen atoms in total. The fourth-order valence-electron chi connectivity index (χ4n) is 2.58. The Kier molecular flexibility index (Phi) is 3.53. The molecule has 0 saturated heterocycles. The van der Waals surface area contributed by atoms with Crippen molar-refractivity contribution in [2.45, 2.75) is 20.8 Å². The zero-order chi connectivity index (χ0) is 15.3. The van der Waals surface area contributed by atoms with Gasteiger partial charge in [-0.3, -0.25) is 4.57 Å². The minimum Gasteiger partial charge on any atom is -0.383 e. The molecule has 0 aliphatic carbocycles. The Balaban J connectivity index is 2.52. The van der Waals surface area contributed by atoms with Crippen molar-refractivity contribution >= 4 is 48.7 Å². The standard InChI is InChI=1S/C15H14Br2N4/c1-7-8(2)21(13-10(16)5-4-6-11(13)17)15-12(7)14(18)19-9(3)20-15/h4-6H,1-3H3,(H2,18,19,20). The Morgan fingerprint density at radius 1 is 1.05 bits per heavy atom. The van der Waals surface area contributed by atoms with Crippen molar-refractivity contribution in [3.63, 3.8) is 0 Å². The van der Waals surface area contributed by atoms with Gasteiger partial charge in [-0.05, 0) is 70.3 Å². The molecule has 3 aromatic rings. The molecule has 0 unspecified atom stereocenters. The largest absolute Gasteiger partial charge is 0.383 e. The first-order chi connectivity index (χ1) is 9.91. The molecule has 0 fully saturated rings. The summed E-state index contributed by atoms with van der Waals surface area (Å²) in [4.78, 5) is 8.89. The number of rotatable bonds is 1. The molecule has 2 heterocycles. The van der Waals surface area contributed by atoms with Crippen LogP contribution in [0.3, 0.4) is 0 Å². The summed E-state index contributed by atoms with van der Waals surface area (Å²) in [7, 11) is 0. The molecule has 108 valence electrons. The lowest BCUT2D eigenvalue weighted by Gasteiger charge is -2.12. The quantitative estimate of drug-likeness (QED) is 0.645. The molecule has 0 atom stereocenters. The predicted molar refractivity (Wildman–Crippen MR) is 92.9 cm³/mol. The highest BCUT2D eigenvalue weighted by molar-refractivity contribution is 9.11. The maximum Gasteiger partial charge on any atom is 0.150 e. The third kappa shape index (κ3) is 2.17. The summed E-state index contributed by atoms with van der Waals surface area (Å²) in [5, 5.41) is 0.917. The van der Waals surface area contributed by atoms with E-state index in [2.05, 4.69) is 53.3 Å². The maximum atomic E-state index is 6.11. The summed E-state index contributed by atoms with van der Waals surface area (Å²) in [6.07, 6.45) is 0. The number of halogens is 2. The number of anilines is 1. The second-order valence-corrected chi connectivity index (χ2v) is 6.68. The van der Waals surface area contributed by atoms with E-state index in [1.54, 1.807) is 0 Å². The summed E-state index contributed by atoms with van der Waals surface area (Å²) >= 11 is 7.25. The number of aromatic nitrogens is 3. The molecule has 6 heteroatoms. The van der Waals surface area contributed by atoms with Gasteiger partial charge in [0.25, 0.3) is 0 Å². The molecule has 0 saturated carbocycles. The summed E-state index contributed by atoms with van der Waals surface area (Å²) in [6.45, 7) is 5.97. The normalized spacial score (nSPS) is 11.3. The predicted octanol–water partition coefficient (Wildman–Crippen LogP) is 4.45. The number of benzene rings is 1. The average Bonchev–Trinajstić information content (AvgIpc) is 2.63. The molecule has 0 spiro atoms. The van der Waals surface area contributed by atoms with Crippen molar-refractivity contribution in [3.8, 4) is 5.69 Å². The van der Waals surface area contributed by atoms with E-state index >= 15 is 0 Å². The molecular weight excluding hydrogens is 396 g/mol. The van der Waals surface area contributed by atoms with Gasteiger partial charge >= 0.3 is 0 Å². The van der Waals surface area contributed by atoms with Crippen LogP contribution < -0.4 is 5.73 Å². The number of nitrogens with zero attached hydrogens (tertiary/aromatic N) is 3. The van der Waals surface area contributed by atoms with E-state index in [4.69, 9.17) is 5.73 Å². The molecule has 2 aromatic heterocycles. The molecular formula is C15H14Br2N4. The first-order valence-corrected chi connectivity index (χ1v) is 8.06. The van der Waals surface area contributed by atoms with Crippen LogP contribution in [0.25, 0.3) is 16.7 Å². The first kappa shape index (κ1) is 14.5. The topological polar surface area (TPSA) is 56.7 Å². The third-order valence-corrected chi connectivity index (χ3v) is 4.94. The summed E-state index contributed by atoms with van der Waals surface area (Å²) in [6, 6.07) is 6.01. The zero-order valence-electron chi connectivity index (χ0n) is 11.9. The van der Waals surface area contributed by atoms with Crippen LogP contribution in [-0.2, 0) is 0 Å². The van der Waals surface area contributed by atoms with Crippen molar-refractivity contribution in [1.82, 2.24) is 14.5 Å². The lowest BCUT2D eigenvalue weighted by Crippen LogP contribution is -2.03. The van der Waals surface area contributed by atoms with Crippen LogP contribution in [0.4, 0.5) is 5.82 Å². The van der Waals surface area contributed by atoms with Crippen molar-refractivity contribution < 1.29 is 0 Å². The van der Waals surface area contributed by atoms with Crippen LogP contribution in [0.5, 0.6) is 0 Å². The van der Waals surface area contributed by atoms with Gasteiger partial charge in [0.15, 0.2) is 5.65 Å². The number of aryl methyl sites for hydroxylation is 2. The Labute approximate surface area is 139 Å². The SMILES string of the molecule is Cc1nc(N)c2c(C)c(C)n(-c3c(Br)cccc3Br)c2n1. The molecule has 0 radical (unpaired) electrons. The van der Waals surface area contributed by atoms with Gasteiger partial charge in [0.1, 0.15) is 11.6 Å². The Morgan fingerprint density at radius 3 is 2.29 bits per heavy atom. The van der Waals surface area contributed by atoms with Gasteiger partial charge in [-0.1, -0.05) is 6.07 Å². The second-order valence-electron chi connectivity index (χ2n) is 4.97. The van der Waals surface area contributed by atoms with Crippen molar-refractivity contribution in [2.24, 2.45) is 0 Å². The van der Waals surface area contributed by atoms with Gasteiger partial charge in [-0.15, -0.1) is 0 Å².